The van der Waals surface area contributed by atoms with Gasteiger partial charge < -0.3 is 15.4 Å². The van der Waals surface area contributed by atoms with E-state index in [4.69, 9.17) is 0 Å². The Balaban J connectivity index is 2.10. The topological polar surface area (TPSA) is 73.0 Å². The second-order valence-electron chi connectivity index (χ2n) is 6.44. The van der Waals surface area contributed by atoms with Crippen LogP contribution in [0.4, 0.5) is 11.6 Å². The van der Waals surface area contributed by atoms with Gasteiger partial charge in [0, 0.05) is 13.6 Å². The van der Waals surface area contributed by atoms with Crippen LogP contribution in [0.25, 0.3) is 0 Å². The van der Waals surface area contributed by atoms with Gasteiger partial charge in [-0.2, -0.15) is 0 Å². The van der Waals surface area contributed by atoms with E-state index in [0.717, 1.165) is 6.54 Å². The van der Waals surface area contributed by atoms with E-state index >= 15 is 0 Å². The van der Waals surface area contributed by atoms with Crippen LogP contribution in [0.1, 0.15) is 46.0 Å². The van der Waals surface area contributed by atoms with E-state index in [1.165, 1.54) is 38.4 Å². The van der Waals surface area contributed by atoms with Crippen LogP contribution < -0.4 is 5.32 Å². The molecule has 1 aliphatic carbocycles. The molecule has 0 atom stereocenters. The van der Waals surface area contributed by atoms with Crippen molar-refractivity contribution in [3.8, 4) is 0 Å². The smallest absolute Gasteiger partial charge is 0.364 e. The first-order valence-electron chi connectivity index (χ1n) is 7.33. The van der Waals surface area contributed by atoms with Gasteiger partial charge in [-0.3, -0.25) is 4.57 Å². The minimum absolute atomic E-state index is 0.0785. The molecule has 0 aromatic carbocycles. The third-order valence-electron chi connectivity index (χ3n) is 4.23. The lowest BCUT2D eigenvalue weighted by atomic mass is 9.78. The highest BCUT2D eigenvalue weighted by molar-refractivity contribution is 5.52. The molecule has 1 N–H and O–H groups in total. The molecule has 112 valence electrons. The van der Waals surface area contributed by atoms with Crippen molar-refractivity contribution in [2.45, 2.75) is 46.0 Å². The van der Waals surface area contributed by atoms with Gasteiger partial charge in [0.1, 0.15) is 0 Å². The lowest BCUT2D eigenvalue weighted by Crippen LogP contribution is -2.29. The summed E-state index contributed by atoms with van der Waals surface area (Å²) >= 11 is 0. The summed E-state index contributed by atoms with van der Waals surface area (Å²) in [5, 5.41) is 14.3. The molecular weight excluding hydrogens is 256 g/mol. The minimum Gasteiger partial charge on any atom is -0.364 e. The molecule has 6 nitrogen and oxygen atoms in total. The molecule has 0 unspecified atom stereocenters. The first kappa shape index (κ1) is 14.8. The fourth-order valence-corrected chi connectivity index (χ4v) is 3.47. The fourth-order valence-electron chi connectivity index (χ4n) is 3.47. The van der Waals surface area contributed by atoms with E-state index in [0.29, 0.717) is 11.7 Å². The van der Waals surface area contributed by atoms with Crippen LogP contribution in [0.2, 0.25) is 0 Å². The van der Waals surface area contributed by atoms with Gasteiger partial charge >= 0.3 is 5.82 Å². The van der Waals surface area contributed by atoms with E-state index in [-0.39, 0.29) is 11.2 Å². The molecular formula is C14H24N4O2. The van der Waals surface area contributed by atoms with Gasteiger partial charge in [0.25, 0.3) is 0 Å². The number of rotatable bonds is 6. The van der Waals surface area contributed by atoms with Crippen molar-refractivity contribution in [2.75, 3.05) is 11.9 Å². The van der Waals surface area contributed by atoms with Crippen LogP contribution in [0, 0.1) is 21.4 Å². The van der Waals surface area contributed by atoms with Crippen LogP contribution in [-0.4, -0.2) is 21.0 Å². The maximum Gasteiger partial charge on any atom is 0.406 e. The lowest BCUT2D eigenvalue weighted by Gasteiger charge is -2.31. The molecule has 20 heavy (non-hydrogen) atoms. The lowest BCUT2D eigenvalue weighted by molar-refractivity contribution is -0.388. The summed E-state index contributed by atoms with van der Waals surface area (Å²) in [5.41, 5.74) is 0.284. The largest absolute Gasteiger partial charge is 0.406 e. The van der Waals surface area contributed by atoms with E-state index in [9.17, 15) is 10.1 Å². The molecule has 0 spiro atoms. The molecule has 1 aromatic heterocycles. The second kappa shape index (κ2) is 5.81. The van der Waals surface area contributed by atoms with Gasteiger partial charge in [-0.15, -0.1) is 0 Å². The van der Waals surface area contributed by atoms with Gasteiger partial charge in [-0.1, -0.05) is 26.7 Å². The van der Waals surface area contributed by atoms with Crippen LogP contribution >= 0.6 is 0 Å². The van der Waals surface area contributed by atoms with Gasteiger partial charge in [0.15, 0.2) is 0 Å². The molecule has 6 heteroatoms. The maximum atomic E-state index is 11.0. The fraction of sp³-hybridized carbons (Fsp3) is 0.786. The third kappa shape index (κ3) is 3.11. The third-order valence-corrected chi connectivity index (χ3v) is 4.23. The minimum atomic E-state index is -0.425. The molecule has 1 aliphatic rings. The molecule has 0 amide bonds. The van der Waals surface area contributed by atoms with Crippen LogP contribution in [0.15, 0.2) is 6.33 Å². The molecule has 1 saturated carbocycles. The molecule has 0 saturated heterocycles. The molecule has 1 heterocycles. The molecule has 1 fully saturated rings. The van der Waals surface area contributed by atoms with Crippen molar-refractivity contribution in [2.24, 2.45) is 18.4 Å². The molecule has 0 aliphatic heterocycles. The van der Waals surface area contributed by atoms with E-state index in [1.54, 1.807) is 11.6 Å². The quantitative estimate of drug-likeness (QED) is 0.640. The summed E-state index contributed by atoms with van der Waals surface area (Å²) < 4.78 is 1.69. The summed E-state index contributed by atoms with van der Waals surface area (Å²) in [6.07, 6.45) is 7.62. The number of nitrogens with one attached hydrogen (secondary N) is 1. The molecule has 2 rings (SSSR count). The number of hydrogen-bond acceptors (Lipinski definition) is 4. The average molecular weight is 280 g/mol. The van der Waals surface area contributed by atoms with Crippen molar-refractivity contribution in [3.63, 3.8) is 0 Å². The number of imidazole rings is 1. The van der Waals surface area contributed by atoms with Crippen molar-refractivity contribution >= 4 is 11.6 Å². The van der Waals surface area contributed by atoms with Gasteiger partial charge in [0.05, 0.1) is 0 Å². The van der Waals surface area contributed by atoms with E-state index < -0.39 is 4.92 Å². The number of nitrogens with zero attached hydrogens (tertiary/aromatic N) is 3. The van der Waals surface area contributed by atoms with E-state index in [1.807, 2.05) is 0 Å². The summed E-state index contributed by atoms with van der Waals surface area (Å²) in [6.45, 7) is 5.28. The Morgan fingerprint density at radius 3 is 2.70 bits per heavy atom. The number of aromatic nitrogens is 2. The zero-order chi connectivity index (χ0) is 14.8. The van der Waals surface area contributed by atoms with Crippen LogP contribution in [0.3, 0.4) is 0 Å². The predicted octanol–water partition coefficient (Wildman–Crippen LogP) is 3.35. The monoisotopic (exact) mass is 280 g/mol. The highest BCUT2D eigenvalue weighted by Crippen LogP contribution is 2.43. The predicted molar refractivity (Wildman–Crippen MR) is 78.7 cm³/mol. The summed E-state index contributed by atoms with van der Waals surface area (Å²) in [6, 6.07) is 0. The van der Waals surface area contributed by atoms with Gasteiger partial charge in [-0.05, 0) is 40.5 Å². The standard InChI is InChI=1S/C14H24N4O2/c1-11(2)8-14(6-4-5-7-14)9-15-12-13(18(19)20)16-10-17(12)3/h10-11,15H,4-9H2,1-3H3. The number of anilines is 1. The zero-order valence-corrected chi connectivity index (χ0v) is 12.6. The van der Waals surface area contributed by atoms with Crippen molar-refractivity contribution in [1.29, 1.82) is 0 Å². The maximum absolute atomic E-state index is 11.0. The Bertz CT molecular complexity index is 476. The average Bonchev–Trinajstić information content (AvgIpc) is 2.93. The highest BCUT2D eigenvalue weighted by atomic mass is 16.6. The second-order valence-corrected chi connectivity index (χ2v) is 6.44. The SMILES string of the molecule is CC(C)CC1(CNc2c([N+](=O)[O-])ncn2C)CCCC1. The first-order chi connectivity index (χ1) is 9.43. The van der Waals surface area contributed by atoms with E-state index in [2.05, 4.69) is 24.1 Å². The Labute approximate surface area is 119 Å². The highest BCUT2D eigenvalue weighted by Gasteiger charge is 2.35. The summed E-state index contributed by atoms with van der Waals surface area (Å²) in [4.78, 5) is 14.4. The molecule has 1 aromatic rings. The van der Waals surface area contributed by atoms with Crippen molar-refractivity contribution < 1.29 is 4.92 Å². The Morgan fingerprint density at radius 1 is 1.50 bits per heavy atom. The van der Waals surface area contributed by atoms with Crippen LogP contribution in [-0.2, 0) is 7.05 Å². The van der Waals surface area contributed by atoms with Crippen molar-refractivity contribution in [3.05, 3.63) is 16.4 Å². The first-order valence-corrected chi connectivity index (χ1v) is 7.33. The van der Waals surface area contributed by atoms with Crippen molar-refractivity contribution in [1.82, 2.24) is 9.55 Å². The van der Waals surface area contributed by atoms with Gasteiger partial charge in [0.2, 0.25) is 12.1 Å². The molecule has 0 radical (unpaired) electrons. The Morgan fingerprint density at radius 2 is 2.15 bits per heavy atom. The molecule has 0 bridgehead atoms. The number of aryl methyl sites for hydroxylation is 1. The normalized spacial score (nSPS) is 17.6. The number of nitro groups is 1. The Hall–Kier alpha value is -1.59. The van der Waals surface area contributed by atoms with Gasteiger partial charge in [-0.25, -0.2) is 0 Å². The summed E-state index contributed by atoms with van der Waals surface area (Å²) in [7, 11) is 1.78. The number of hydrogen-bond donors (Lipinski definition) is 1. The Kier molecular flexibility index (Phi) is 4.30. The zero-order valence-electron chi connectivity index (χ0n) is 12.6. The summed E-state index contributed by atoms with van der Waals surface area (Å²) in [5.74, 6) is 1.09. The van der Waals surface area contributed by atoms with Crippen LogP contribution in [0.5, 0.6) is 0 Å².